The highest BCUT2D eigenvalue weighted by molar-refractivity contribution is 6.42. The molecular formula is C21H14Cl3NO3. The third kappa shape index (κ3) is 4.30. The second kappa shape index (κ2) is 8.23. The molecule has 0 saturated heterocycles. The summed E-state index contributed by atoms with van der Waals surface area (Å²) < 4.78 is 0. The van der Waals surface area contributed by atoms with Gasteiger partial charge in [0.2, 0.25) is 0 Å². The summed E-state index contributed by atoms with van der Waals surface area (Å²) in [5, 5.41) is 14.1. The number of amides is 1. The number of carbonyl (C=O) groups is 2. The van der Waals surface area contributed by atoms with Gasteiger partial charge in [-0.25, -0.2) is 0 Å². The topological polar surface area (TPSA) is 66.4 Å². The molecule has 0 spiro atoms. The fourth-order valence-electron chi connectivity index (χ4n) is 2.62. The number of carbonyl (C=O) groups excluding carboxylic acids is 2. The number of phenolic OH excluding ortho intramolecular Hbond substituents is 1. The fourth-order valence-corrected chi connectivity index (χ4v) is 3.05. The van der Waals surface area contributed by atoms with E-state index in [4.69, 9.17) is 34.8 Å². The van der Waals surface area contributed by atoms with Gasteiger partial charge in [0.1, 0.15) is 5.75 Å². The predicted molar refractivity (Wildman–Crippen MR) is 112 cm³/mol. The van der Waals surface area contributed by atoms with Crippen LogP contribution in [0.2, 0.25) is 15.1 Å². The molecule has 0 radical (unpaired) electrons. The molecule has 0 unspecified atom stereocenters. The van der Waals surface area contributed by atoms with Crippen molar-refractivity contribution in [3.63, 3.8) is 0 Å². The molecule has 2 N–H and O–H groups in total. The normalized spacial score (nSPS) is 10.6. The van der Waals surface area contributed by atoms with Crippen LogP contribution < -0.4 is 5.32 Å². The van der Waals surface area contributed by atoms with Crippen LogP contribution in [0.1, 0.15) is 31.8 Å². The average molecular weight is 435 g/mol. The van der Waals surface area contributed by atoms with E-state index in [0.717, 1.165) is 0 Å². The maximum atomic E-state index is 12.7. The SMILES string of the molecule is Cc1cc(C(=O)c2ccc(Cl)cc2)cc(C(=O)Nc2ccc(Cl)c(Cl)c2)c1O. The molecule has 3 aromatic carbocycles. The van der Waals surface area contributed by atoms with E-state index in [-0.39, 0.29) is 27.7 Å². The number of benzene rings is 3. The smallest absolute Gasteiger partial charge is 0.259 e. The Labute approximate surface area is 176 Å². The zero-order chi connectivity index (χ0) is 20.4. The lowest BCUT2D eigenvalue weighted by molar-refractivity contribution is 0.102. The van der Waals surface area contributed by atoms with E-state index < -0.39 is 5.91 Å². The van der Waals surface area contributed by atoms with Gasteiger partial charge in [-0.15, -0.1) is 0 Å². The summed E-state index contributed by atoms with van der Waals surface area (Å²) in [5.74, 6) is -1.07. The monoisotopic (exact) mass is 433 g/mol. The Morgan fingerprint density at radius 2 is 1.54 bits per heavy atom. The lowest BCUT2D eigenvalue weighted by atomic mass is 9.97. The molecule has 0 aliphatic heterocycles. The van der Waals surface area contributed by atoms with Gasteiger partial charge < -0.3 is 10.4 Å². The molecule has 0 fully saturated rings. The van der Waals surface area contributed by atoms with E-state index in [2.05, 4.69) is 5.32 Å². The highest BCUT2D eigenvalue weighted by Gasteiger charge is 2.19. The first-order valence-corrected chi connectivity index (χ1v) is 9.30. The van der Waals surface area contributed by atoms with Crippen molar-refractivity contribution >= 4 is 52.2 Å². The van der Waals surface area contributed by atoms with Gasteiger partial charge in [-0.3, -0.25) is 9.59 Å². The Hall–Kier alpha value is -2.53. The van der Waals surface area contributed by atoms with Crippen LogP contribution in [0, 0.1) is 6.92 Å². The molecular weight excluding hydrogens is 421 g/mol. The molecule has 0 aromatic heterocycles. The van der Waals surface area contributed by atoms with Gasteiger partial charge in [-0.05, 0) is 67.1 Å². The molecule has 0 atom stereocenters. The highest BCUT2D eigenvalue weighted by Crippen LogP contribution is 2.28. The molecule has 4 nitrogen and oxygen atoms in total. The number of ketones is 1. The largest absolute Gasteiger partial charge is 0.507 e. The third-order valence-electron chi connectivity index (χ3n) is 4.09. The maximum absolute atomic E-state index is 12.7. The van der Waals surface area contributed by atoms with E-state index in [1.54, 1.807) is 43.3 Å². The summed E-state index contributed by atoms with van der Waals surface area (Å²) in [6.07, 6.45) is 0. The average Bonchev–Trinajstić information content (AvgIpc) is 2.66. The fraction of sp³-hybridized carbons (Fsp3) is 0.0476. The first kappa shape index (κ1) is 20.2. The number of phenols is 1. The number of hydrogen-bond acceptors (Lipinski definition) is 3. The summed E-state index contributed by atoms with van der Waals surface area (Å²) in [6, 6.07) is 13.9. The van der Waals surface area contributed by atoms with Crippen molar-refractivity contribution < 1.29 is 14.7 Å². The summed E-state index contributed by atoms with van der Waals surface area (Å²) in [7, 11) is 0. The number of rotatable bonds is 4. The Bertz CT molecular complexity index is 1080. The summed E-state index contributed by atoms with van der Waals surface area (Å²) in [6.45, 7) is 1.61. The molecule has 0 heterocycles. The number of nitrogens with one attached hydrogen (secondary N) is 1. The number of aromatic hydroxyl groups is 1. The number of aryl methyl sites for hydroxylation is 1. The van der Waals surface area contributed by atoms with Crippen molar-refractivity contribution in [2.45, 2.75) is 6.92 Å². The number of halogens is 3. The maximum Gasteiger partial charge on any atom is 0.259 e. The van der Waals surface area contributed by atoms with Gasteiger partial charge in [0, 0.05) is 21.8 Å². The molecule has 7 heteroatoms. The van der Waals surface area contributed by atoms with Crippen LogP contribution in [0.5, 0.6) is 5.75 Å². The van der Waals surface area contributed by atoms with E-state index in [0.29, 0.717) is 26.9 Å². The molecule has 0 saturated carbocycles. The van der Waals surface area contributed by atoms with Crippen LogP contribution in [-0.4, -0.2) is 16.8 Å². The Balaban J connectivity index is 1.94. The third-order valence-corrected chi connectivity index (χ3v) is 5.08. The zero-order valence-corrected chi connectivity index (χ0v) is 16.9. The molecule has 3 aromatic rings. The minimum Gasteiger partial charge on any atom is -0.507 e. The van der Waals surface area contributed by atoms with Gasteiger partial charge in [0.05, 0.1) is 15.6 Å². The lowest BCUT2D eigenvalue weighted by Gasteiger charge is -2.12. The first-order chi connectivity index (χ1) is 13.3. The van der Waals surface area contributed by atoms with Crippen LogP contribution in [0.4, 0.5) is 5.69 Å². The van der Waals surface area contributed by atoms with Crippen molar-refractivity contribution in [3.05, 3.63) is 91.9 Å². The van der Waals surface area contributed by atoms with Crippen LogP contribution in [0.3, 0.4) is 0 Å². The minimum absolute atomic E-state index is 0.0246. The molecule has 142 valence electrons. The van der Waals surface area contributed by atoms with Crippen molar-refractivity contribution in [3.8, 4) is 5.75 Å². The number of hydrogen-bond donors (Lipinski definition) is 2. The highest BCUT2D eigenvalue weighted by atomic mass is 35.5. The molecule has 0 aliphatic rings. The molecule has 0 aliphatic carbocycles. The minimum atomic E-state index is -0.579. The second-order valence-corrected chi connectivity index (χ2v) is 7.36. The Morgan fingerprint density at radius 3 is 2.18 bits per heavy atom. The summed E-state index contributed by atoms with van der Waals surface area (Å²) >= 11 is 17.7. The van der Waals surface area contributed by atoms with E-state index in [1.807, 2.05) is 0 Å². The first-order valence-electron chi connectivity index (χ1n) is 8.16. The Morgan fingerprint density at radius 1 is 0.857 bits per heavy atom. The van der Waals surface area contributed by atoms with Gasteiger partial charge in [0.25, 0.3) is 5.91 Å². The van der Waals surface area contributed by atoms with E-state index >= 15 is 0 Å². The predicted octanol–water partition coefficient (Wildman–Crippen LogP) is 6.14. The quantitative estimate of drug-likeness (QED) is 0.484. The van der Waals surface area contributed by atoms with Gasteiger partial charge in [-0.1, -0.05) is 34.8 Å². The lowest BCUT2D eigenvalue weighted by Crippen LogP contribution is -2.14. The Kier molecular flexibility index (Phi) is 5.94. The van der Waals surface area contributed by atoms with Gasteiger partial charge in [-0.2, -0.15) is 0 Å². The van der Waals surface area contributed by atoms with E-state index in [9.17, 15) is 14.7 Å². The van der Waals surface area contributed by atoms with Crippen LogP contribution in [-0.2, 0) is 0 Å². The molecule has 3 rings (SSSR count). The van der Waals surface area contributed by atoms with E-state index in [1.165, 1.54) is 18.2 Å². The van der Waals surface area contributed by atoms with Crippen molar-refractivity contribution in [2.75, 3.05) is 5.32 Å². The van der Waals surface area contributed by atoms with Crippen LogP contribution in [0.15, 0.2) is 54.6 Å². The molecule has 1 amide bonds. The standard InChI is InChI=1S/C21H14Cl3NO3/c1-11-8-13(20(27)12-2-4-14(22)5-3-12)9-16(19(11)26)21(28)25-15-6-7-17(23)18(24)10-15/h2-10,26H,1H3,(H,25,28). The van der Waals surface area contributed by atoms with Crippen LogP contribution in [0.25, 0.3) is 0 Å². The van der Waals surface area contributed by atoms with Gasteiger partial charge >= 0.3 is 0 Å². The molecule has 0 bridgehead atoms. The zero-order valence-electron chi connectivity index (χ0n) is 14.6. The van der Waals surface area contributed by atoms with Crippen molar-refractivity contribution in [1.82, 2.24) is 0 Å². The summed E-state index contributed by atoms with van der Waals surface area (Å²) in [4.78, 5) is 25.4. The van der Waals surface area contributed by atoms with Crippen molar-refractivity contribution in [2.24, 2.45) is 0 Å². The number of anilines is 1. The van der Waals surface area contributed by atoms with Crippen molar-refractivity contribution in [1.29, 1.82) is 0 Å². The summed E-state index contributed by atoms with van der Waals surface area (Å²) in [5.41, 5.74) is 1.48. The van der Waals surface area contributed by atoms with Crippen LogP contribution >= 0.6 is 34.8 Å². The molecule has 28 heavy (non-hydrogen) atoms. The van der Waals surface area contributed by atoms with Gasteiger partial charge in [0.15, 0.2) is 5.78 Å². The second-order valence-electron chi connectivity index (χ2n) is 6.11.